The van der Waals surface area contributed by atoms with Crippen molar-refractivity contribution in [2.45, 2.75) is 13.0 Å². The first-order valence-corrected chi connectivity index (χ1v) is 8.77. The molecule has 1 amide bonds. The molecule has 0 saturated heterocycles. The summed E-state index contributed by atoms with van der Waals surface area (Å²) in [5.74, 6) is -0.283. The molecule has 0 fully saturated rings. The van der Waals surface area contributed by atoms with Crippen molar-refractivity contribution in [3.05, 3.63) is 87.7 Å². The predicted octanol–water partition coefficient (Wildman–Crippen LogP) is 4.35. The van der Waals surface area contributed by atoms with E-state index in [1.807, 2.05) is 41.1 Å². The summed E-state index contributed by atoms with van der Waals surface area (Å²) in [4.78, 5) is 16.5. The lowest BCUT2D eigenvalue weighted by Gasteiger charge is -2.10. The molecule has 3 aromatic rings. The highest BCUT2D eigenvalue weighted by atomic mass is 35.5. The third-order valence-corrected chi connectivity index (χ3v) is 4.49. The number of nitrogens with zero attached hydrogens (tertiary/aromatic N) is 2. The van der Waals surface area contributed by atoms with Gasteiger partial charge in [0.25, 0.3) is 5.91 Å². The zero-order chi connectivity index (χ0) is 18.5. The van der Waals surface area contributed by atoms with Gasteiger partial charge in [0.1, 0.15) is 11.6 Å². The molecule has 134 valence electrons. The standard InChI is InChI=1S/C19H16Cl2FN3O/c20-15-11-16(21)17(22)10-14(15)19(26)24-7-6-18-23-8-9-25(18)12-13-4-2-1-3-5-13/h1-5,8-11H,6-7,12H2,(H,24,26). The average molecular weight is 392 g/mol. The summed E-state index contributed by atoms with van der Waals surface area (Å²) >= 11 is 11.6. The van der Waals surface area contributed by atoms with Gasteiger partial charge in [-0.25, -0.2) is 9.37 Å². The van der Waals surface area contributed by atoms with Gasteiger partial charge in [-0.3, -0.25) is 4.79 Å². The average Bonchev–Trinajstić information content (AvgIpc) is 3.06. The molecule has 3 rings (SSSR count). The van der Waals surface area contributed by atoms with Gasteiger partial charge < -0.3 is 9.88 Å². The van der Waals surface area contributed by atoms with Crippen LogP contribution in [0.2, 0.25) is 10.0 Å². The summed E-state index contributed by atoms with van der Waals surface area (Å²) in [6, 6.07) is 12.3. The number of benzene rings is 2. The van der Waals surface area contributed by atoms with E-state index >= 15 is 0 Å². The second kappa shape index (κ2) is 8.34. The van der Waals surface area contributed by atoms with Crippen LogP contribution in [-0.4, -0.2) is 22.0 Å². The van der Waals surface area contributed by atoms with Crippen molar-refractivity contribution in [1.82, 2.24) is 14.9 Å². The minimum atomic E-state index is -0.681. The van der Waals surface area contributed by atoms with Gasteiger partial charge in [0.15, 0.2) is 0 Å². The maximum absolute atomic E-state index is 13.5. The molecule has 26 heavy (non-hydrogen) atoms. The first kappa shape index (κ1) is 18.4. The molecule has 0 radical (unpaired) electrons. The van der Waals surface area contributed by atoms with Crippen LogP contribution in [0.15, 0.2) is 54.9 Å². The number of imidazole rings is 1. The first-order chi connectivity index (χ1) is 12.5. The van der Waals surface area contributed by atoms with Crippen molar-refractivity contribution < 1.29 is 9.18 Å². The Morgan fingerprint density at radius 3 is 2.69 bits per heavy atom. The molecular formula is C19H16Cl2FN3O. The van der Waals surface area contributed by atoms with Crippen molar-refractivity contribution in [3.8, 4) is 0 Å². The molecular weight excluding hydrogens is 376 g/mol. The molecule has 0 aliphatic carbocycles. The first-order valence-electron chi connectivity index (χ1n) is 8.01. The molecule has 0 spiro atoms. The van der Waals surface area contributed by atoms with Crippen molar-refractivity contribution >= 4 is 29.1 Å². The summed E-state index contributed by atoms with van der Waals surface area (Å²) < 4.78 is 15.6. The van der Waals surface area contributed by atoms with E-state index < -0.39 is 11.7 Å². The zero-order valence-electron chi connectivity index (χ0n) is 13.8. The molecule has 4 nitrogen and oxygen atoms in total. The molecule has 2 aromatic carbocycles. The summed E-state index contributed by atoms with van der Waals surface area (Å²) in [5.41, 5.74) is 1.22. The van der Waals surface area contributed by atoms with Gasteiger partial charge >= 0.3 is 0 Å². The Hall–Kier alpha value is -2.37. The van der Waals surface area contributed by atoms with E-state index in [1.54, 1.807) is 6.20 Å². The highest BCUT2D eigenvalue weighted by molar-refractivity contribution is 6.36. The smallest absolute Gasteiger partial charge is 0.252 e. The predicted molar refractivity (Wildman–Crippen MR) is 100 cm³/mol. The fourth-order valence-corrected chi connectivity index (χ4v) is 3.04. The third-order valence-electron chi connectivity index (χ3n) is 3.89. The van der Waals surface area contributed by atoms with Gasteiger partial charge in [0, 0.05) is 31.9 Å². The van der Waals surface area contributed by atoms with Crippen LogP contribution in [0, 0.1) is 5.82 Å². The van der Waals surface area contributed by atoms with Gasteiger partial charge in [-0.15, -0.1) is 0 Å². The van der Waals surface area contributed by atoms with Crippen LogP contribution in [0.4, 0.5) is 4.39 Å². The van der Waals surface area contributed by atoms with Gasteiger partial charge in [-0.2, -0.15) is 0 Å². The Morgan fingerprint density at radius 1 is 1.15 bits per heavy atom. The molecule has 7 heteroatoms. The van der Waals surface area contributed by atoms with E-state index in [1.165, 1.54) is 11.6 Å². The van der Waals surface area contributed by atoms with Crippen LogP contribution in [0.1, 0.15) is 21.7 Å². The second-order valence-corrected chi connectivity index (χ2v) is 6.52. The Labute approximate surface area is 160 Å². The summed E-state index contributed by atoms with van der Waals surface area (Å²) in [6.45, 7) is 1.06. The highest BCUT2D eigenvalue weighted by Crippen LogP contribution is 2.24. The Bertz CT molecular complexity index is 912. The SMILES string of the molecule is O=C(NCCc1nccn1Cc1ccccc1)c1cc(F)c(Cl)cc1Cl. The Kier molecular flexibility index (Phi) is 5.91. The normalized spacial score (nSPS) is 10.7. The topological polar surface area (TPSA) is 46.9 Å². The summed E-state index contributed by atoms with van der Waals surface area (Å²) in [6.07, 6.45) is 4.17. The van der Waals surface area contributed by atoms with Gasteiger partial charge in [0.05, 0.1) is 15.6 Å². The van der Waals surface area contributed by atoms with Crippen LogP contribution >= 0.6 is 23.2 Å². The molecule has 1 aromatic heterocycles. The largest absolute Gasteiger partial charge is 0.352 e. The summed E-state index contributed by atoms with van der Waals surface area (Å²) in [5, 5.41) is 2.72. The number of carbonyl (C=O) groups excluding carboxylic acids is 1. The van der Waals surface area contributed by atoms with Gasteiger partial charge in [-0.1, -0.05) is 53.5 Å². The van der Waals surface area contributed by atoms with Gasteiger partial charge in [0.2, 0.25) is 0 Å². The Balaban J connectivity index is 1.60. The number of hydrogen-bond acceptors (Lipinski definition) is 2. The second-order valence-electron chi connectivity index (χ2n) is 5.71. The van der Waals surface area contributed by atoms with Crippen molar-refractivity contribution in [2.75, 3.05) is 6.54 Å². The number of aromatic nitrogens is 2. The van der Waals surface area contributed by atoms with Crippen LogP contribution < -0.4 is 5.32 Å². The van der Waals surface area contributed by atoms with Crippen LogP contribution in [-0.2, 0) is 13.0 Å². The van der Waals surface area contributed by atoms with Gasteiger partial charge in [-0.05, 0) is 17.7 Å². The van der Waals surface area contributed by atoms with Crippen molar-refractivity contribution in [2.24, 2.45) is 0 Å². The molecule has 0 unspecified atom stereocenters. The third kappa shape index (κ3) is 4.42. The van der Waals surface area contributed by atoms with Crippen molar-refractivity contribution in [1.29, 1.82) is 0 Å². The maximum Gasteiger partial charge on any atom is 0.252 e. The minimum Gasteiger partial charge on any atom is -0.352 e. The number of carbonyl (C=O) groups is 1. The van der Waals surface area contributed by atoms with E-state index in [4.69, 9.17) is 23.2 Å². The molecule has 0 aliphatic heterocycles. The van der Waals surface area contributed by atoms with E-state index in [2.05, 4.69) is 10.3 Å². The lowest BCUT2D eigenvalue weighted by molar-refractivity contribution is 0.0953. The van der Waals surface area contributed by atoms with E-state index in [0.717, 1.165) is 11.9 Å². The van der Waals surface area contributed by atoms with Crippen LogP contribution in [0.25, 0.3) is 0 Å². The maximum atomic E-state index is 13.5. The monoisotopic (exact) mass is 391 g/mol. The quantitative estimate of drug-likeness (QED) is 0.634. The fourth-order valence-electron chi connectivity index (χ4n) is 2.57. The number of hydrogen-bond donors (Lipinski definition) is 1. The fraction of sp³-hybridized carbons (Fsp3) is 0.158. The highest BCUT2D eigenvalue weighted by Gasteiger charge is 2.14. The van der Waals surface area contributed by atoms with Crippen molar-refractivity contribution in [3.63, 3.8) is 0 Å². The van der Waals surface area contributed by atoms with E-state index in [0.29, 0.717) is 19.5 Å². The van der Waals surface area contributed by atoms with E-state index in [9.17, 15) is 9.18 Å². The molecule has 0 saturated carbocycles. The molecule has 0 aliphatic rings. The molecule has 1 heterocycles. The van der Waals surface area contributed by atoms with Crippen LogP contribution in [0.5, 0.6) is 0 Å². The van der Waals surface area contributed by atoms with E-state index in [-0.39, 0.29) is 15.6 Å². The number of rotatable bonds is 6. The number of nitrogens with one attached hydrogen (secondary N) is 1. The number of halogens is 3. The summed E-state index contributed by atoms with van der Waals surface area (Å²) in [7, 11) is 0. The molecule has 1 N–H and O–H groups in total. The van der Waals surface area contributed by atoms with Crippen LogP contribution in [0.3, 0.4) is 0 Å². The Morgan fingerprint density at radius 2 is 1.92 bits per heavy atom. The molecule has 0 bridgehead atoms. The number of amides is 1. The lowest BCUT2D eigenvalue weighted by Crippen LogP contribution is -2.27. The lowest BCUT2D eigenvalue weighted by atomic mass is 10.2. The zero-order valence-corrected chi connectivity index (χ0v) is 15.3. The molecule has 0 atom stereocenters. The minimum absolute atomic E-state index is 0.0567.